The summed E-state index contributed by atoms with van der Waals surface area (Å²) in [6.07, 6.45) is 1.15. The molecule has 0 bridgehead atoms. The van der Waals surface area contributed by atoms with Crippen LogP contribution >= 0.6 is 34.8 Å². The lowest BCUT2D eigenvalue weighted by Crippen LogP contribution is -2.03. The summed E-state index contributed by atoms with van der Waals surface area (Å²) in [5, 5.41) is 4.60. The molecule has 0 unspecified atom stereocenters. The Labute approximate surface area is 138 Å². The lowest BCUT2D eigenvalue weighted by Gasteiger charge is -2.10. The maximum Gasteiger partial charge on any atom is 0.175 e. The first-order valence-electron chi connectivity index (χ1n) is 5.94. The van der Waals surface area contributed by atoms with Crippen LogP contribution in [0.3, 0.4) is 0 Å². The van der Waals surface area contributed by atoms with Crippen LogP contribution in [0.2, 0.25) is 15.1 Å². The van der Waals surface area contributed by atoms with Crippen molar-refractivity contribution in [2.75, 3.05) is 11.6 Å². The molecule has 7 heteroatoms. The van der Waals surface area contributed by atoms with Crippen molar-refractivity contribution < 1.29 is 8.42 Å². The quantitative estimate of drug-likeness (QED) is 0.858. The van der Waals surface area contributed by atoms with Gasteiger partial charge in [-0.2, -0.15) is 0 Å². The van der Waals surface area contributed by atoms with Crippen molar-refractivity contribution in [3.05, 3.63) is 57.0 Å². The molecule has 0 aliphatic carbocycles. The van der Waals surface area contributed by atoms with Crippen molar-refractivity contribution >= 4 is 50.3 Å². The van der Waals surface area contributed by atoms with E-state index >= 15 is 0 Å². The molecule has 112 valence electrons. The summed E-state index contributed by atoms with van der Waals surface area (Å²) in [4.78, 5) is 0.207. The third-order valence-electron chi connectivity index (χ3n) is 2.77. The van der Waals surface area contributed by atoms with E-state index in [1.165, 1.54) is 12.1 Å². The Balaban J connectivity index is 2.23. The highest BCUT2D eigenvalue weighted by Gasteiger charge is 2.10. The number of rotatable bonds is 4. The van der Waals surface area contributed by atoms with Gasteiger partial charge in [-0.1, -0.05) is 34.8 Å². The summed E-state index contributed by atoms with van der Waals surface area (Å²) < 4.78 is 23.1. The Morgan fingerprint density at radius 1 is 1.00 bits per heavy atom. The second kappa shape index (κ2) is 6.44. The van der Waals surface area contributed by atoms with E-state index < -0.39 is 9.84 Å². The van der Waals surface area contributed by atoms with Gasteiger partial charge in [-0.15, -0.1) is 0 Å². The van der Waals surface area contributed by atoms with E-state index in [1.54, 1.807) is 24.3 Å². The van der Waals surface area contributed by atoms with Crippen LogP contribution in [-0.4, -0.2) is 14.7 Å². The number of halogens is 3. The van der Waals surface area contributed by atoms with E-state index in [0.717, 1.165) is 11.8 Å². The molecule has 0 aromatic heterocycles. The zero-order valence-corrected chi connectivity index (χ0v) is 14.1. The normalized spacial score (nSPS) is 11.4. The third-order valence-corrected chi connectivity index (χ3v) is 4.65. The van der Waals surface area contributed by atoms with Gasteiger partial charge in [0.2, 0.25) is 0 Å². The predicted molar refractivity (Wildman–Crippen MR) is 88.4 cm³/mol. The second-order valence-electron chi connectivity index (χ2n) is 4.55. The minimum absolute atomic E-state index is 0.207. The number of nitrogens with one attached hydrogen (secondary N) is 1. The van der Waals surface area contributed by atoms with E-state index in [-0.39, 0.29) is 4.90 Å². The Kier molecular flexibility index (Phi) is 5.04. The molecule has 0 amide bonds. The summed E-state index contributed by atoms with van der Waals surface area (Å²) in [6.45, 7) is 0.424. The topological polar surface area (TPSA) is 46.2 Å². The molecule has 21 heavy (non-hydrogen) atoms. The molecule has 0 heterocycles. The Hall–Kier alpha value is -0.940. The maximum atomic E-state index is 11.6. The van der Waals surface area contributed by atoms with Gasteiger partial charge in [0.1, 0.15) is 0 Å². The van der Waals surface area contributed by atoms with Gasteiger partial charge in [0.15, 0.2) is 9.84 Å². The van der Waals surface area contributed by atoms with Crippen molar-refractivity contribution in [3.8, 4) is 0 Å². The average molecular weight is 365 g/mol. The molecule has 2 aromatic rings. The monoisotopic (exact) mass is 363 g/mol. The Morgan fingerprint density at radius 3 is 2.19 bits per heavy atom. The second-order valence-corrected chi connectivity index (χ2v) is 7.84. The third kappa shape index (κ3) is 4.51. The molecule has 2 rings (SSSR count). The van der Waals surface area contributed by atoms with E-state index in [9.17, 15) is 8.42 Å². The maximum absolute atomic E-state index is 11.6. The van der Waals surface area contributed by atoms with Crippen molar-refractivity contribution in [2.24, 2.45) is 0 Å². The van der Waals surface area contributed by atoms with Gasteiger partial charge in [0.25, 0.3) is 0 Å². The average Bonchev–Trinajstić information content (AvgIpc) is 2.35. The molecule has 0 fully saturated rings. The predicted octanol–water partition coefficient (Wildman–Crippen LogP) is 4.66. The number of hydrogen-bond acceptors (Lipinski definition) is 3. The van der Waals surface area contributed by atoms with Crippen molar-refractivity contribution in [1.29, 1.82) is 0 Å². The lowest BCUT2D eigenvalue weighted by molar-refractivity contribution is 0.602. The fraction of sp³-hybridized carbons (Fsp3) is 0.143. The molecular weight excluding hydrogens is 353 g/mol. The van der Waals surface area contributed by atoms with E-state index in [4.69, 9.17) is 34.8 Å². The van der Waals surface area contributed by atoms with Gasteiger partial charge in [0, 0.05) is 22.8 Å². The Bertz CT molecular complexity index is 756. The molecule has 2 aromatic carbocycles. The molecule has 0 aliphatic heterocycles. The molecule has 3 nitrogen and oxygen atoms in total. The Morgan fingerprint density at radius 2 is 1.62 bits per heavy atom. The SMILES string of the molecule is CS(=O)(=O)c1ccc(Cl)c(NCc2cc(Cl)cc(Cl)c2)c1. The van der Waals surface area contributed by atoms with Gasteiger partial charge in [-0.25, -0.2) is 8.42 Å². The first kappa shape index (κ1) is 16.4. The first-order valence-corrected chi connectivity index (χ1v) is 8.97. The molecule has 0 saturated carbocycles. The molecule has 0 atom stereocenters. The van der Waals surface area contributed by atoms with Crippen molar-refractivity contribution in [2.45, 2.75) is 11.4 Å². The zero-order chi connectivity index (χ0) is 15.6. The number of anilines is 1. The van der Waals surface area contributed by atoms with Crippen LogP contribution in [-0.2, 0) is 16.4 Å². The van der Waals surface area contributed by atoms with Crippen LogP contribution in [0.1, 0.15) is 5.56 Å². The number of hydrogen-bond donors (Lipinski definition) is 1. The van der Waals surface area contributed by atoms with Crippen molar-refractivity contribution in [1.82, 2.24) is 0 Å². The van der Waals surface area contributed by atoms with Crippen LogP contribution in [0.25, 0.3) is 0 Å². The van der Waals surface area contributed by atoms with E-state index in [2.05, 4.69) is 5.32 Å². The van der Waals surface area contributed by atoms with Gasteiger partial charge >= 0.3 is 0 Å². The molecule has 0 aliphatic rings. The van der Waals surface area contributed by atoms with Crippen LogP contribution in [0.15, 0.2) is 41.3 Å². The highest BCUT2D eigenvalue weighted by Crippen LogP contribution is 2.26. The lowest BCUT2D eigenvalue weighted by atomic mass is 10.2. The highest BCUT2D eigenvalue weighted by molar-refractivity contribution is 7.90. The molecule has 0 radical (unpaired) electrons. The fourth-order valence-electron chi connectivity index (χ4n) is 1.78. The van der Waals surface area contributed by atoms with Crippen LogP contribution in [0, 0.1) is 0 Å². The van der Waals surface area contributed by atoms with E-state index in [1.807, 2.05) is 0 Å². The summed E-state index contributed by atoms with van der Waals surface area (Å²) in [6, 6.07) is 9.71. The summed E-state index contributed by atoms with van der Waals surface area (Å²) >= 11 is 17.9. The standard InChI is InChI=1S/C14H12Cl3NO2S/c1-21(19,20)12-2-3-13(17)14(7-12)18-8-9-4-10(15)6-11(16)5-9/h2-7,18H,8H2,1H3. The summed E-state index contributed by atoms with van der Waals surface area (Å²) in [7, 11) is -3.28. The molecule has 0 saturated heterocycles. The van der Waals surface area contributed by atoms with Crippen molar-refractivity contribution in [3.63, 3.8) is 0 Å². The number of sulfone groups is 1. The number of benzene rings is 2. The van der Waals surface area contributed by atoms with Crippen LogP contribution < -0.4 is 5.32 Å². The van der Waals surface area contributed by atoms with E-state index in [0.29, 0.717) is 27.3 Å². The minimum Gasteiger partial charge on any atom is -0.380 e. The minimum atomic E-state index is -3.28. The summed E-state index contributed by atoms with van der Waals surface area (Å²) in [5.74, 6) is 0. The molecular formula is C14H12Cl3NO2S. The van der Waals surface area contributed by atoms with Gasteiger partial charge in [-0.3, -0.25) is 0 Å². The van der Waals surface area contributed by atoms with Gasteiger partial charge in [0.05, 0.1) is 15.6 Å². The van der Waals surface area contributed by atoms with Crippen LogP contribution in [0.5, 0.6) is 0 Å². The zero-order valence-electron chi connectivity index (χ0n) is 11.0. The smallest absolute Gasteiger partial charge is 0.175 e. The largest absolute Gasteiger partial charge is 0.380 e. The molecule has 0 spiro atoms. The molecule has 1 N–H and O–H groups in total. The first-order chi connectivity index (χ1) is 9.75. The highest BCUT2D eigenvalue weighted by atomic mass is 35.5. The van der Waals surface area contributed by atoms with Gasteiger partial charge in [-0.05, 0) is 42.0 Å². The van der Waals surface area contributed by atoms with Gasteiger partial charge < -0.3 is 5.32 Å². The van der Waals surface area contributed by atoms with Crippen LogP contribution in [0.4, 0.5) is 5.69 Å². The fourth-order valence-corrected chi connectivity index (χ4v) is 3.18. The summed E-state index contributed by atoms with van der Waals surface area (Å²) in [5.41, 5.74) is 1.41.